The number of hydrogen-bond acceptors (Lipinski definition) is 6. The lowest BCUT2D eigenvalue weighted by Gasteiger charge is -2.17. The number of esters is 1. The molecule has 8 heteroatoms. The van der Waals surface area contributed by atoms with E-state index >= 15 is 0 Å². The summed E-state index contributed by atoms with van der Waals surface area (Å²) in [7, 11) is 0. The maximum absolute atomic E-state index is 13.1. The molecule has 0 aliphatic carbocycles. The van der Waals surface area contributed by atoms with E-state index in [1.54, 1.807) is 17.2 Å². The Balaban J connectivity index is 1.85. The molecule has 0 atom stereocenters. The second-order valence-electron chi connectivity index (χ2n) is 5.16. The van der Waals surface area contributed by atoms with E-state index in [1.165, 1.54) is 30.0 Å². The summed E-state index contributed by atoms with van der Waals surface area (Å²) in [6, 6.07) is 4.46. The molecule has 5 nitrogen and oxygen atoms in total. The number of halogens is 2. The van der Waals surface area contributed by atoms with Crippen molar-refractivity contribution in [1.82, 2.24) is 0 Å². The largest absolute Gasteiger partial charge is 0.586 e. The molecule has 2 aliphatic rings. The van der Waals surface area contributed by atoms with Crippen LogP contribution in [-0.2, 0) is 9.53 Å². The number of ether oxygens (including phenoxy) is 3. The number of carbonyl (C=O) groups excluding carboxylic acids is 1. The minimum atomic E-state index is -3.66. The predicted octanol–water partition coefficient (Wildman–Crippen LogP) is 4.22. The molecule has 2 aliphatic heterocycles. The van der Waals surface area contributed by atoms with Gasteiger partial charge in [0.2, 0.25) is 0 Å². The molecule has 0 unspecified atom stereocenters. The third-order valence-corrected chi connectivity index (χ3v) is 4.12. The van der Waals surface area contributed by atoms with Crippen LogP contribution in [0.2, 0.25) is 0 Å². The normalized spacial score (nSPS) is 19.6. The average molecular weight is 355 g/mol. The van der Waals surface area contributed by atoms with E-state index in [2.05, 4.69) is 9.47 Å². The first kappa shape index (κ1) is 16.6. The first-order valence-electron chi connectivity index (χ1n) is 7.32. The number of fused-ring (bicyclic) bond motifs is 1. The standard InChI is InChI=1S/C16H15F2NO4S/c1-3-6-21-15(20)8-14-19(9-10(2)24-14)11-4-5-12-13(7-11)23-16(17,18)22-12/h4-5,7-9H,3,6H2,1-2H3/b14-8-. The zero-order chi connectivity index (χ0) is 17.3. The second kappa shape index (κ2) is 6.35. The van der Waals surface area contributed by atoms with Gasteiger partial charge in [0.1, 0.15) is 0 Å². The van der Waals surface area contributed by atoms with Gasteiger partial charge in [-0.05, 0) is 25.5 Å². The van der Waals surface area contributed by atoms with Crippen LogP contribution in [0.15, 0.2) is 40.4 Å². The van der Waals surface area contributed by atoms with E-state index < -0.39 is 12.3 Å². The molecule has 0 saturated heterocycles. The van der Waals surface area contributed by atoms with Gasteiger partial charge in [-0.2, -0.15) is 0 Å². The number of carbonyl (C=O) groups is 1. The molecular weight excluding hydrogens is 340 g/mol. The fourth-order valence-electron chi connectivity index (χ4n) is 2.22. The third kappa shape index (κ3) is 3.48. The number of alkyl halides is 2. The lowest BCUT2D eigenvalue weighted by Crippen LogP contribution is -2.25. The lowest BCUT2D eigenvalue weighted by atomic mass is 10.2. The fraction of sp³-hybridized carbons (Fsp3) is 0.312. The highest BCUT2D eigenvalue weighted by molar-refractivity contribution is 8.07. The van der Waals surface area contributed by atoms with Crippen molar-refractivity contribution in [2.24, 2.45) is 0 Å². The van der Waals surface area contributed by atoms with E-state index in [4.69, 9.17) is 4.74 Å². The van der Waals surface area contributed by atoms with E-state index in [-0.39, 0.29) is 11.5 Å². The molecule has 0 N–H and O–H groups in total. The highest BCUT2D eigenvalue weighted by atomic mass is 32.2. The average Bonchev–Trinajstić information content (AvgIpc) is 3.01. The zero-order valence-electron chi connectivity index (χ0n) is 13.0. The van der Waals surface area contributed by atoms with Gasteiger partial charge in [-0.25, -0.2) is 4.79 Å². The Morgan fingerprint density at radius 3 is 2.88 bits per heavy atom. The number of benzene rings is 1. The number of anilines is 1. The summed E-state index contributed by atoms with van der Waals surface area (Å²) in [5.41, 5.74) is 0.578. The van der Waals surface area contributed by atoms with Crippen LogP contribution in [0, 0.1) is 0 Å². The summed E-state index contributed by atoms with van der Waals surface area (Å²) < 4.78 is 40.2. The number of rotatable bonds is 4. The van der Waals surface area contributed by atoms with Crippen LogP contribution < -0.4 is 14.4 Å². The smallest absolute Gasteiger partial charge is 0.462 e. The molecule has 128 valence electrons. The minimum Gasteiger partial charge on any atom is -0.462 e. The maximum atomic E-state index is 13.1. The minimum absolute atomic E-state index is 0.0239. The Kier molecular flexibility index (Phi) is 4.40. The van der Waals surface area contributed by atoms with Crippen LogP contribution >= 0.6 is 11.8 Å². The predicted molar refractivity (Wildman–Crippen MR) is 85.8 cm³/mol. The van der Waals surface area contributed by atoms with Crippen molar-refractivity contribution in [2.45, 2.75) is 26.6 Å². The zero-order valence-corrected chi connectivity index (χ0v) is 13.9. The molecule has 24 heavy (non-hydrogen) atoms. The highest BCUT2D eigenvalue weighted by Gasteiger charge is 2.43. The highest BCUT2D eigenvalue weighted by Crippen LogP contribution is 2.46. The maximum Gasteiger partial charge on any atom is 0.586 e. The second-order valence-corrected chi connectivity index (χ2v) is 6.43. The first-order chi connectivity index (χ1) is 11.4. The Morgan fingerprint density at radius 2 is 2.12 bits per heavy atom. The lowest BCUT2D eigenvalue weighted by molar-refractivity contribution is -0.286. The van der Waals surface area contributed by atoms with Crippen LogP contribution in [0.1, 0.15) is 20.3 Å². The van der Waals surface area contributed by atoms with Crippen LogP contribution in [0.25, 0.3) is 0 Å². The molecule has 0 saturated carbocycles. The topological polar surface area (TPSA) is 48.0 Å². The van der Waals surface area contributed by atoms with Gasteiger partial charge in [0.25, 0.3) is 0 Å². The van der Waals surface area contributed by atoms with Crippen molar-refractivity contribution in [3.63, 3.8) is 0 Å². The van der Waals surface area contributed by atoms with Crippen molar-refractivity contribution < 1.29 is 27.8 Å². The molecule has 0 fully saturated rings. The summed E-state index contributed by atoms with van der Waals surface area (Å²) in [6.45, 7) is 4.14. The molecule has 0 radical (unpaired) electrons. The molecule has 0 aromatic heterocycles. The van der Waals surface area contributed by atoms with Gasteiger partial charge in [-0.1, -0.05) is 18.7 Å². The van der Waals surface area contributed by atoms with E-state index in [9.17, 15) is 13.6 Å². The van der Waals surface area contributed by atoms with Gasteiger partial charge in [0.15, 0.2) is 11.5 Å². The van der Waals surface area contributed by atoms with Gasteiger partial charge in [-0.15, -0.1) is 8.78 Å². The number of hydrogen-bond donors (Lipinski definition) is 0. The van der Waals surface area contributed by atoms with Crippen molar-refractivity contribution in [3.8, 4) is 11.5 Å². The quantitative estimate of drug-likeness (QED) is 0.595. The Bertz CT molecular complexity index is 733. The summed E-state index contributed by atoms with van der Waals surface area (Å²) in [4.78, 5) is 14.5. The summed E-state index contributed by atoms with van der Waals surface area (Å²) in [5, 5.41) is 0.624. The van der Waals surface area contributed by atoms with Crippen molar-refractivity contribution in [3.05, 3.63) is 40.4 Å². The van der Waals surface area contributed by atoms with Crippen LogP contribution in [0.3, 0.4) is 0 Å². The fourth-order valence-corrected chi connectivity index (χ4v) is 3.12. The molecule has 3 rings (SSSR count). The molecule has 1 aromatic rings. The summed E-state index contributed by atoms with van der Waals surface area (Å²) >= 11 is 1.39. The van der Waals surface area contributed by atoms with E-state index in [0.29, 0.717) is 17.3 Å². The molecule has 0 spiro atoms. The van der Waals surface area contributed by atoms with Gasteiger partial charge >= 0.3 is 12.3 Å². The molecular formula is C16H15F2NO4S. The molecule has 1 aromatic carbocycles. The third-order valence-electron chi connectivity index (χ3n) is 3.17. The van der Waals surface area contributed by atoms with Gasteiger partial charge in [0, 0.05) is 17.2 Å². The molecule has 2 heterocycles. The van der Waals surface area contributed by atoms with Crippen LogP contribution in [0.4, 0.5) is 14.5 Å². The molecule has 0 amide bonds. The molecule has 0 bridgehead atoms. The summed E-state index contributed by atoms with van der Waals surface area (Å²) in [6.07, 6.45) is 0.264. The number of thioether (sulfide) groups is 1. The van der Waals surface area contributed by atoms with Crippen LogP contribution in [0.5, 0.6) is 11.5 Å². The van der Waals surface area contributed by atoms with Crippen molar-refractivity contribution in [2.75, 3.05) is 11.5 Å². The van der Waals surface area contributed by atoms with Gasteiger partial charge in [-0.3, -0.25) is 0 Å². The van der Waals surface area contributed by atoms with Crippen molar-refractivity contribution in [1.29, 1.82) is 0 Å². The number of allylic oxidation sites excluding steroid dienone is 1. The van der Waals surface area contributed by atoms with Crippen LogP contribution in [-0.4, -0.2) is 18.9 Å². The van der Waals surface area contributed by atoms with Crippen molar-refractivity contribution >= 4 is 23.4 Å². The summed E-state index contributed by atoms with van der Waals surface area (Å²) in [5.74, 6) is -0.516. The van der Waals surface area contributed by atoms with E-state index in [1.807, 2.05) is 13.8 Å². The first-order valence-corrected chi connectivity index (χ1v) is 8.13. The Hall–Kier alpha value is -2.22. The SMILES string of the molecule is CCCOC(=O)/C=C1\SC(C)=CN1c1ccc2c(c1)OC(F)(F)O2. The van der Waals surface area contributed by atoms with Gasteiger partial charge < -0.3 is 19.1 Å². The Morgan fingerprint density at radius 1 is 1.38 bits per heavy atom. The van der Waals surface area contributed by atoms with Gasteiger partial charge in [0.05, 0.1) is 23.4 Å². The monoisotopic (exact) mass is 355 g/mol. The number of nitrogens with zero attached hydrogens (tertiary/aromatic N) is 1. The Labute approximate surface area is 141 Å². The van der Waals surface area contributed by atoms with E-state index in [0.717, 1.165) is 11.3 Å².